The normalized spacial score (nSPS) is 19.4. The van der Waals surface area contributed by atoms with E-state index in [1.807, 2.05) is 19.2 Å². The lowest BCUT2D eigenvalue weighted by Gasteiger charge is -2.43. The molecule has 0 N–H and O–H groups in total. The molecule has 32 heavy (non-hydrogen) atoms. The number of benzene rings is 1. The Kier molecular flexibility index (Phi) is 5.89. The summed E-state index contributed by atoms with van der Waals surface area (Å²) in [7, 11) is 0. The average Bonchev–Trinajstić information content (AvgIpc) is 3.09. The van der Waals surface area contributed by atoms with Crippen LogP contribution in [0, 0.1) is 12.3 Å². The van der Waals surface area contributed by atoms with E-state index in [9.17, 15) is 0 Å². The molecule has 1 aromatic carbocycles. The van der Waals surface area contributed by atoms with E-state index >= 15 is 0 Å². The molecule has 2 aliphatic rings. The van der Waals surface area contributed by atoms with Crippen LogP contribution in [0.15, 0.2) is 52.6 Å². The largest absolute Gasteiger partial charge is 0.355 e. The molecule has 4 nitrogen and oxygen atoms in total. The van der Waals surface area contributed by atoms with E-state index in [1.54, 1.807) is 29.1 Å². The van der Waals surface area contributed by atoms with Crippen molar-refractivity contribution in [3.63, 3.8) is 0 Å². The van der Waals surface area contributed by atoms with Gasteiger partial charge in [0.05, 0.1) is 22.6 Å². The Morgan fingerprint density at radius 1 is 1.16 bits per heavy atom. The second-order valence-corrected chi connectivity index (χ2v) is 10.5. The molecule has 1 fully saturated rings. The lowest BCUT2D eigenvalue weighted by molar-refractivity contribution is 0.194. The number of piperidine rings is 1. The molecule has 1 saturated heterocycles. The van der Waals surface area contributed by atoms with Crippen molar-refractivity contribution < 1.29 is 0 Å². The number of hydrogen-bond acceptors (Lipinski definition) is 5. The van der Waals surface area contributed by atoms with Gasteiger partial charge in [-0.15, -0.1) is 0 Å². The third-order valence-electron chi connectivity index (χ3n) is 7.42. The number of halogens is 1. The Morgan fingerprint density at radius 3 is 2.69 bits per heavy atom. The molecule has 1 aliphatic carbocycles. The van der Waals surface area contributed by atoms with Gasteiger partial charge in [-0.25, -0.2) is 9.97 Å². The summed E-state index contributed by atoms with van der Waals surface area (Å²) in [6.07, 6.45) is 8.17. The van der Waals surface area contributed by atoms with Gasteiger partial charge in [0.25, 0.3) is 0 Å². The first kappa shape index (κ1) is 21.7. The number of anilines is 1. The van der Waals surface area contributed by atoms with E-state index in [4.69, 9.17) is 21.6 Å². The summed E-state index contributed by atoms with van der Waals surface area (Å²) in [4.78, 5) is 17.5. The Hall–Kier alpha value is -2.11. The van der Waals surface area contributed by atoms with Crippen molar-refractivity contribution >= 4 is 29.2 Å². The zero-order valence-electron chi connectivity index (χ0n) is 18.9. The molecule has 0 bridgehead atoms. The molecule has 1 spiro atoms. The maximum Gasteiger partial charge on any atom is 0.150 e. The first-order valence-electron chi connectivity index (χ1n) is 11.5. The fraction of sp³-hybridized carbons (Fsp3) is 0.423. The van der Waals surface area contributed by atoms with Crippen LogP contribution in [0.25, 0.3) is 0 Å². The standard InChI is InChI=1S/C26H29ClN4S/c1-4-21-25(29-16-23(30-21)32-22-9-12-28-18(3)24(22)27)31-13-10-26(11-14-31)15-19-7-5-6-8-20(19)17(26)2/h5-9,12,16-17H,4,10-11,13-15H2,1-3H3. The zero-order valence-corrected chi connectivity index (χ0v) is 20.5. The molecule has 2 aromatic heterocycles. The predicted octanol–water partition coefficient (Wildman–Crippen LogP) is 6.49. The molecule has 3 aromatic rings. The number of nitrogens with zero attached hydrogens (tertiary/aromatic N) is 4. The lowest BCUT2D eigenvalue weighted by atomic mass is 9.70. The Bertz CT molecular complexity index is 1140. The average molecular weight is 465 g/mol. The van der Waals surface area contributed by atoms with E-state index < -0.39 is 0 Å². The molecule has 0 radical (unpaired) electrons. The first-order valence-corrected chi connectivity index (χ1v) is 12.7. The molecule has 0 amide bonds. The molecule has 166 valence electrons. The van der Waals surface area contributed by atoms with Gasteiger partial charge in [0.2, 0.25) is 0 Å². The lowest BCUT2D eigenvalue weighted by Crippen LogP contribution is -2.42. The molecular weight excluding hydrogens is 436 g/mol. The molecule has 0 saturated carbocycles. The van der Waals surface area contributed by atoms with Crippen LogP contribution in [0.3, 0.4) is 0 Å². The van der Waals surface area contributed by atoms with E-state index in [-0.39, 0.29) is 0 Å². The summed E-state index contributed by atoms with van der Waals surface area (Å²) < 4.78 is 0. The van der Waals surface area contributed by atoms with Crippen molar-refractivity contribution in [3.05, 3.63) is 70.3 Å². The van der Waals surface area contributed by atoms with Crippen molar-refractivity contribution in [3.8, 4) is 0 Å². The molecule has 3 heterocycles. The van der Waals surface area contributed by atoms with E-state index in [2.05, 4.69) is 48.0 Å². The highest BCUT2D eigenvalue weighted by Crippen LogP contribution is 2.53. The molecule has 1 atom stereocenters. The van der Waals surface area contributed by atoms with Crippen LogP contribution in [0.4, 0.5) is 5.82 Å². The van der Waals surface area contributed by atoms with Crippen LogP contribution < -0.4 is 4.90 Å². The number of rotatable bonds is 4. The highest BCUT2D eigenvalue weighted by atomic mass is 35.5. The van der Waals surface area contributed by atoms with Gasteiger partial charge < -0.3 is 4.90 Å². The molecular formula is C26H29ClN4S. The SMILES string of the molecule is CCc1nc(Sc2ccnc(C)c2Cl)cnc1N1CCC2(CC1)Cc1ccccc1C2C. The number of fused-ring (bicyclic) bond motifs is 1. The van der Waals surface area contributed by atoms with Crippen molar-refractivity contribution in [2.45, 2.75) is 62.3 Å². The van der Waals surface area contributed by atoms with Crippen molar-refractivity contribution in [2.24, 2.45) is 5.41 Å². The van der Waals surface area contributed by atoms with Crippen molar-refractivity contribution in [1.29, 1.82) is 0 Å². The van der Waals surface area contributed by atoms with Gasteiger partial charge in [-0.05, 0) is 61.1 Å². The van der Waals surface area contributed by atoms with Crippen LogP contribution in [0.5, 0.6) is 0 Å². The molecule has 6 heteroatoms. The van der Waals surface area contributed by atoms with Gasteiger partial charge in [-0.3, -0.25) is 4.98 Å². The van der Waals surface area contributed by atoms with E-state index in [0.29, 0.717) is 16.4 Å². The van der Waals surface area contributed by atoms with E-state index in [1.165, 1.54) is 19.3 Å². The first-order chi connectivity index (χ1) is 15.5. The zero-order chi connectivity index (χ0) is 22.3. The quantitative estimate of drug-likeness (QED) is 0.441. The fourth-order valence-corrected chi connectivity index (χ4v) is 6.50. The minimum Gasteiger partial charge on any atom is -0.355 e. The second kappa shape index (κ2) is 8.68. The summed E-state index contributed by atoms with van der Waals surface area (Å²) >= 11 is 7.99. The van der Waals surface area contributed by atoms with Gasteiger partial charge in [-0.2, -0.15) is 0 Å². The summed E-state index contributed by atoms with van der Waals surface area (Å²) in [5.74, 6) is 1.68. The molecule has 5 rings (SSSR count). The summed E-state index contributed by atoms with van der Waals surface area (Å²) in [5, 5.41) is 1.57. The van der Waals surface area contributed by atoms with Gasteiger partial charge in [0, 0.05) is 24.2 Å². The number of aromatic nitrogens is 3. The van der Waals surface area contributed by atoms with Crippen LogP contribution in [0.1, 0.15) is 55.1 Å². The van der Waals surface area contributed by atoms with Gasteiger partial charge in [-0.1, -0.05) is 61.5 Å². The van der Waals surface area contributed by atoms with Crippen LogP contribution in [-0.4, -0.2) is 28.0 Å². The number of hydrogen-bond donors (Lipinski definition) is 0. The summed E-state index contributed by atoms with van der Waals surface area (Å²) in [6.45, 7) is 8.60. The predicted molar refractivity (Wildman–Crippen MR) is 132 cm³/mol. The third-order valence-corrected chi connectivity index (χ3v) is 8.97. The van der Waals surface area contributed by atoms with Crippen LogP contribution in [0.2, 0.25) is 5.02 Å². The number of aryl methyl sites for hydroxylation is 2. The minimum absolute atomic E-state index is 0.395. The van der Waals surface area contributed by atoms with Crippen molar-refractivity contribution in [2.75, 3.05) is 18.0 Å². The monoisotopic (exact) mass is 464 g/mol. The smallest absolute Gasteiger partial charge is 0.150 e. The van der Waals surface area contributed by atoms with Crippen LogP contribution in [-0.2, 0) is 12.8 Å². The second-order valence-electron chi connectivity index (χ2n) is 9.09. The van der Waals surface area contributed by atoms with Gasteiger partial charge >= 0.3 is 0 Å². The van der Waals surface area contributed by atoms with Gasteiger partial charge in [0.15, 0.2) is 0 Å². The summed E-state index contributed by atoms with van der Waals surface area (Å²) in [6, 6.07) is 11.0. The van der Waals surface area contributed by atoms with E-state index in [0.717, 1.165) is 46.6 Å². The molecule has 1 aliphatic heterocycles. The molecule has 1 unspecified atom stereocenters. The number of pyridine rings is 1. The fourth-order valence-electron chi connectivity index (χ4n) is 5.42. The van der Waals surface area contributed by atoms with Crippen molar-refractivity contribution in [1.82, 2.24) is 15.0 Å². The highest BCUT2D eigenvalue weighted by Gasteiger charge is 2.45. The topological polar surface area (TPSA) is 41.9 Å². The third kappa shape index (κ3) is 3.80. The minimum atomic E-state index is 0.395. The summed E-state index contributed by atoms with van der Waals surface area (Å²) in [5.41, 5.74) is 5.40. The Morgan fingerprint density at radius 2 is 1.94 bits per heavy atom. The Balaban J connectivity index is 1.32. The Labute approximate surface area is 199 Å². The van der Waals surface area contributed by atoms with Crippen LogP contribution >= 0.6 is 23.4 Å². The maximum atomic E-state index is 6.43. The highest BCUT2D eigenvalue weighted by molar-refractivity contribution is 7.99. The van der Waals surface area contributed by atoms with Gasteiger partial charge in [0.1, 0.15) is 10.8 Å². The maximum absolute atomic E-state index is 6.43.